The van der Waals surface area contributed by atoms with E-state index in [1.54, 1.807) is 12.1 Å². The molecule has 1 aliphatic heterocycles. The van der Waals surface area contributed by atoms with Gasteiger partial charge in [0.15, 0.2) is 5.78 Å². The standard InChI is InChI=1S/C11H9NO2/c1-7(13)6-10-8-4-2-3-5-9(8)11(14)12-10/h2-6H,1H3,(H,12,14)/b10-6-. The number of allylic oxidation sites excluding steroid dienone is 1. The van der Waals surface area contributed by atoms with Gasteiger partial charge >= 0.3 is 0 Å². The second kappa shape index (κ2) is 3.10. The summed E-state index contributed by atoms with van der Waals surface area (Å²) < 4.78 is 0. The first-order valence-electron chi connectivity index (χ1n) is 4.31. The number of hydrogen-bond donors (Lipinski definition) is 1. The van der Waals surface area contributed by atoms with Gasteiger partial charge in [-0.05, 0) is 13.0 Å². The predicted molar refractivity (Wildman–Crippen MR) is 52.6 cm³/mol. The van der Waals surface area contributed by atoms with E-state index >= 15 is 0 Å². The van der Waals surface area contributed by atoms with Crippen LogP contribution in [-0.4, -0.2) is 11.7 Å². The largest absolute Gasteiger partial charge is 0.321 e. The summed E-state index contributed by atoms with van der Waals surface area (Å²) in [5.74, 6) is -0.217. The molecule has 3 heteroatoms. The molecule has 70 valence electrons. The molecule has 0 atom stereocenters. The van der Waals surface area contributed by atoms with Crippen LogP contribution in [0.4, 0.5) is 0 Å². The molecule has 0 saturated carbocycles. The maximum absolute atomic E-state index is 11.4. The lowest BCUT2D eigenvalue weighted by molar-refractivity contribution is -0.112. The number of fused-ring (bicyclic) bond motifs is 1. The van der Waals surface area contributed by atoms with Crippen LogP contribution in [0.25, 0.3) is 5.70 Å². The average Bonchev–Trinajstić information content (AvgIpc) is 2.44. The molecule has 1 amide bonds. The van der Waals surface area contributed by atoms with E-state index in [9.17, 15) is 9.59 Å². The first-order valence-corrected chi connectivity index (χ1v) is 4.31. The molecule has 0 radical (unpaired) electrons. The third-order valence-electron chi connectivity index (χ3n) is 2.06. The Kier molecular flexibility index (Phi) is 1.93. The molecule has 0 unspecified atom stereocenters. The Labute approximate surface area is 81.4 Å². The van der Waals surface area contributed by atoms with Gasteiger partial charge in [-0.3, -0.25) is 9.59 Å². The Hall–Kier alpha value is -1.90. The summed E-state index contributed by atoms with van der Waals surface area (Å²) in [4.78, 5) is 22.3. The molecule has 0 bridgehead atoms. The van der Waals surface area contributed by atoms with Crippen molar-refractivity contribution in [1.82, 2.24) is 5.32 Å². The molecule has 1 aliphatic rings. The van der Waals surface area contributed by atoms with Gasteiger partial charge < -0.3 is 5.32 Å². The highest BCUT2D eigenvalue weighted by atomic mass is 16.2. The summed E-state index contributed by atoms with van der Waals surface area (Å²) in [5, 5.41) is 2.65. The van der Waals surface area contributed by atoms with Crippen LogP contribution in [0.5, 0.6) is 0 Å². The number of rotatable bonds is 1. The molecule has 3 nitrogen and oxygen atoms in total. The summed E-state index contributed by atoms with van der Waals surface area (Å²) in [6.07, 6.45) is 1.43. The van der Waals surface area contributed by atoms with Crippen molar-refractivity contribution in [3.63, 3.8) is 0 Å². The Bertz CT molecular complexity index is 446. The molecular weight excluding hydrogens is 178 g/mol. The number of ketones is 1. The summed E-state index contributed by atoms with van der Waals surface area (Å²) in [5.41, 5.74) is 2.02. The van der Waals surface area contributed by atoms with Gasteiger partial charge in [0.1, 0.15) is 0 Å². The van der Waals surface area contributed by atoms with Crippen molar-refractivity contribution in [2.75, 3.05) is 0 Å². The highest BCUT2D eigenvalue weighted by molar-refractivity contribution is 6.12. The van der Waals surface area contributed by atoms with Gasteiger partial charge in [0.05, 0.1) is 5.70 Å². The Morgan fingerprint density at radius 2 is 1.93 bits per heavy atom. The van der Waals surface area contributed by atoms with Gasteiger partial charge in [0, 0.05) is 17.2 Å². The number of benzene rings is 1. The van der Waals surface area contributed by atoms with Crippen LogP contribution in [-0.2, 0) is 4.79 Å². The maximum Gasteiger partial charge on any atom is 0.256 e. The first-order chi connectivity index (χ1) is 6.68. The van der Waals surface area contributed by atoms with Gasteiger partial charge in [-0.1, -0.05) is 18.2 Å². The fourth-order valence-electron chi connectivity index (χ4n) is 1.49. The fraction of sp³-hybridized carbons (Fsp3) is 0.0909. The van der Waals surface area contributed by atoms with Crippen molar-refractivity contribution >= 4 is 17.4 Å². The van der Waals surface area contributed by atoms with Crippen LogP contribution in [0.1, 0.15) is 22.8 Å². The van der Waals surface area contributed by atoms with Gasteiger partial charge in [-0.25, -0.2) is 0 Å². The molecule has 0 aliphatic carbocycles. The molecule has 0 spiro atoms. The molecule has 2 rings (SSSR count). The summed E-state index contributed by atoms with van der Waals surface area (Å²) in [7, 11) is 0. The van der Waals surface area contributed by atoms with Crippen molar-refractivity contribution in [2.24, 2.45) is 0 Å². The van der Waals surface area contributed by atoms with E-state index in [-0.39, 0.29) is 11.7 Å². The van der Waals surface area contributed by atoms with E-state index < -0.39 is 0 Å². The smallest absolute Gasteiger partial charge is 0.256 e. The molecule has 1 aromatic rings. The van der Waals surface area contributed by atoms with Crippen molar-refractivity contribution < 1.29 is 9.59 Å². The highest BCUT2D eigenvalue weighted by Crippen LogP contribution is 2.23. The monoisotopic (exact) mass is 187 g/mol. The Morgan fingerprint density at radius 1 is 1.29 bits per heavy atom. The van der Waals surface area contributed by atoms with Crippen molar-refractivity contribution in [3.8, 4) is 0 Å². The minimum atomic E-state index is -0.145. The maximum atomic E-state index is 11.4. The fourth-order valence-corrected chi connectivity index (χ4v) is 1.49. The Balaban J connectivity index is 2.54. The topological polar surface area (TPSA) is 46.2 Å². The first kappa shape index (κ1) is 8.69. The lowest BCUT2D eigenvalue weighted by Crippen LogP contribution is -2.12. The Morgan fingerprint density at radius 3 is 2.57 bits per heavy atom. The lowest BCUT2D eigenvalue weighted by atomic mass is 10.1. The van der Waals surface area contributed by atoms with Gasteiger partial charge in [0.2, 0.25) is 0 Å². The van der Waals surface area contributed by atoms with Crippen LogP contribution in [0.3, 0.4) is 0 Å². The second-order valence-electron chi connectivity index (χ2n) is 3.17. The van der Waals surface area contributed by atoms with Gasteiger partial charge in [-0.2, -0.15) is 0 Å². The lowest BCUT2D eigenvalue weighted by Gasteiger charge is -1.96. The molecule has 0 aromatic heterocycles. The van der Waals surface area contributed by atoms with Gasteiger partial charge in [0.25, 0.3) is 5.91 Å². The molecule has 14 heavy (non-hydrogen) atoms. The number of carbonyl (C=O) groups excluding carboxylic acids is 2. The van der Waals surface area contributed by atoms with Crippen LogP contribution in [0, 0.1) is 0 Å². The normalized spacial score (nSPS) is 16.6. The molecular formula is C11H9NO2. The summed E-state index contributed by atoms with van der Waals surface area (Å²) >= 11 is 0. The van der Waals surface area contributed by atoms with E-state index in [1.165, 1.54) is 13.0 Å². The third-order valence-corrected chi connectivity index (χ3v) is 2.06. The molecule has 1 N–H and O–H groups in total. The molecule has 0 saturated heterocycles. The minimum Gasteiger partial charge on any atom is -0.321 e. The van der Waals surface area contributed by atoms with Crippen LogP contribution in [0.15, 0.2) is 30.3 Å². The van der Waals surface area contributed by atoms with Crippen LogP contribution in [0.2, 0.25) is 0 Å². The van der Waals surface area contributed by atoms with Crippen molar-refractivity contribution in [2.45, 2.75) is 6.92 Å². The van der Waals surface area contributed by atoms with E-state index in [1.807, 2.05) is 12.1 Å². The minimum absolute atomic E-state index is 0.0722. The van der Waals surface area contributed by atoms with Crippen LogP contribution >= 0.6 is 0 Å². The van der Waals surface area contributed by atoms with Crippen molar-refractivity contribution in [3.05, 3.63) is 41.5 Å². The third kappa shape index (κ3) is 1.33. The quantitative estimate of drug-likeness (QED) is 0.675. The molecule has 1 heterocycles. The van der Waals surface area contributed by atoms with E-state index in [0.717, 1.165) is 5.56 Å². The number of amides is 1. The number of hydrogen-bond acceptors (Lipinski definition) is 2. The SMILES string of the molecule is CC(=O)/C=C1\NC(=O)c2ccccc21. The zero-order chi connectivity index (χ0) is 10.1. The zero-order valence-electron chi connectivity index (χ0n) is 7.70. The van der Waals surface area contributed by atoms with Crippen LogP contribution < -0.4 is 5.32 Å². The second-order valence-corrected chi connectivity index (χ2v) is 3.17. The number of carbonyl (C=O) groups is 2. The number of nitrogens with one attached hydrogen (secondary N) is 1. The zero-order valence-corrected chi connectivity index (χ0v) is 7.70. The van der Waals surface area contributed by atoms with E-state index in [2.05, 4.69) is 5.32 Å². The predicted octanol–water partition coefficient (Wildman–Crippen LogP) is 1.36. The average molecular weight is 187 g/mol. The molecule has 0 fully saturated rings. The highest BCUT2D eigenvalue weighted by Gasteiger charge is 2.22. The summed E-state index contributed by atoms with van der Waals surface area (Å²) in [6.45, 7) is 1.46. The van der Waals surface area contributed by atoms with E-state index in [0.29, 0.717) is 11.3 Å². The van der Waals surface area contributed by atoms with Crippen molar-refractivity contribution in [1.29, 1.82) is 0 Å². The summed E-state index contributed by atoms with van der Waals surface area (Å²) in [6, 6.07) is 7.20. The molecule has 1 aromatic carbocycles. The van der Waals surface area contributed by atoms with E-state index in [4.69, 9.17) is 0 Å². The van der Waals surface area contributed by atoms with Gasteiger partial charge in [-0.15, -0.1) is 0 Å².